The molecule has 1 aromatic heterocycles. The van der Waals surface area contributed by atoms with Gasteiger partial charge in [-0.05, 0) is 50.6 Å². The number of amides is 1. The summed E-state index contributed by atoms with van der Waals surface area (Å²) in [4.78, 5) is 19.5. The molecule has 5 nitrogen and oxygen atoms in total. The summed E-state index contributed by atoms with van der Waals surface area (Å²) < 4.78 is 11.1. The van der Waals surface area contributed by atoms with E-state index in [0.29, 0.717) is 24.5 Å². The van der Waals surface area contributed by atoms with E-state index < -0.39 is 0 Å². The predicted octanol–water partition coefficient (Wildman–Crippen LogP) is 5.09. The second-order valence-corrected chi connectivity index (χ2v) is 7.99. The summed E-state index contributed by atoms with van der Waals surface area (Å²) in [7, 11) is 1.60. The van der Waals surface area contributed by atoms with Gasteiger partial charge in [-0.15, -0.1) is 11.3 Å². The fourth-order valence-corrected chi connectivity index (χ4v) is 3.63. The van der Waals surface area contributed by atoms with Crippen LogP contribution in [0.3, 0.4) is 0 Å². The molecule has 2 aromatic carbocycles. The number of hydrogen-bond donors (Lipinski definition) is 0. The molecule has 1 amide bonds. The summed E-state index contributed by atoms with van der Waals surface area (Å²) in [6, 6.07) is 15.2. The van der Waals surface area contributed by atoms with E-state index in [1.165, 1.54) is 0 Å². The molecule has 0 saturated carbocycles. The number of thiazole rings is 1. The second kappa shape index (κ2) is 9.56. The van der Waals surface area contributed by atoms with Crippen molar-refractivity contribution in [1.82, 2.24) is 9.88 Å². The molecule has 0 atom stereocenters. The largest absolute Gasteiger partial charge is 0.497 e. The topological polar surface area (TPSA) is 51.7 Å². The third-order valence-corrected chi connectivity index (χ3v) is 5.45. The van der Waals surface area contributed by atoms with Crippen LogP contribution in [-0.2, 0) is 13.2 Å². The molecule has 0 N–H and O–H groups in total. The number of para-hydroxylation sites is 1. The van der Waals surface area contributed by atoms with Crippen LogP contribution in [0.1, 0.15) is 40.5 Å². The van der Waals surface area contributed by atoms with E-state index in [2.05, 4.69) is 4.98 Å². The maximum absolute atomic E-state index is 13.0. The number of methoxy groups -OCH3 is 1. The third kappa shape index (κ3) is 5.35. The minimum Gasteiger partial charge on any atom is -0.497 e. The third-order valence-electron chi connectivity index (χ3n) is 4.58. The summed E-state index contributed by atoms with van der Waals surface area (Å²) in [5.41, 5.74) is 2.57. The van der Waals surface area contributed by atoms with Crippen molar-refractivity contribution < 1.29 is 14.3 Å². The lowest BCUT2D eigenvalue weighted by molar-refractivity contribution is 0.0687. The number of nitrogens with zero attached hydrogens (tertiary/aromatic N) is 2. The van der Waals surface area contributed by atoms with E-state index in [1.807, 2.05) is 73.5 Å². The Morgan fingerprint density at radius 1 is 1.17 bits per heavy atom. The Balaban J connectivity index is 1.68. The Kier molecular flexibility index (Phi) is 6.88. The average molecular weight is 411 g/mol. The van der Waals surface area contributed by atoms with Gasteiger partial charge in [0.05, 0.1) is 19.3 Å². The molecule has 152 valence electrons. The van der Waals surface area contributed by atoms with Crippen molar-refractivity contribution in [2.24, 2.45) is 0 Å². The number of aryl methyl sites for hydroxylation is 1. The van der Waals surface area contributed by atoms with Crippen molar-refractivity contribution in [2.75, 3.05) is 7.11 Å². The van der Waals surface area contributed by atoms with Crippen molar-refractivity contribution >= 4 is 17.2 Å². The number of carbonyl (C=O) groups is 1. The maximum Gasteiger partial charge on any atom is 0.254 e. The molecule has 0 bridgehead atoms. The molecule has 0 aliphatic carbocycles. The van der Waals surface area contributed by atoms with Crippen LogP contribution in [0, 0.1) is 6.92 Å². The molecule has 0 aliphatic heterocycles. The zero-order valence-electron chi connectivity index (χ0n) is 17.2. The molecule has 0 fully saturated rings. The lowest BCUT2D eigenvalue weighted by Crippen LogP contribution is -2.36. The lowest BCUT2D eigenvalue weighted by atomic mass is 10.1. The van der Waals surface area contributed by atoms with Crippen LogP contribution in [0.25, 0.3) is 0 Å². The van der Waals surface area contributed by atoms with E-state index in [9.17, 15) is 4.79 Å². The van der Waals surface area contributed by atoms with Crippen molar-refractivity contribution in [3.63, 3.8) is 0 Å². The molecule has 29 heavy (non-hydrogen) atoms. The van der Waals surface area contributed by atoms with Gasteiger partial charge in [-0.1, -0.05) is 24.3 Å². The first kappa shape index (κ1) is 20.9. The van der Waals surface area contributed by atoms with Crippen LogP contribution in [0.4, 0.5) is 0 Å². The van der Waals surface area contributed by atoms with Crippen LogP contribution >= 0.6 is 11.3 Å². The van der Waals surface area contributed by atoms with Gasteiger partial charge in [0.15, 0.2) is 0 Å². The number of aromatic nitrogens is 1. The van der Waals surface area contributed by atoms with Gasteiger partial charge in [-0.2, -0.15) is 0 Å². The molecule has 0 radical (unpaired) electrons. The SMILES string of the molecule is COc1cccc(C(=O)N(Cc2csc(COc3ccccc3C)n2)C(C)C)c1. The van der Waals surface area contributed by atoms with Gasteiger partial charge in [-0.3, -0.25) is 4.79 Å². The van der Waals surface area contributed by atoms with Gasteiger partial charge in [0.25, 0.3) is 5.91 Å². The normalized spacial score (nSPS) is 10.8. The molecule has 0 saturated heterocycles. The number of rotatable bonds is 8. The first-order valence-corrected chi connectivity index (χ1v) is 10.4. The van der Waals surface area contributed by atoms with Crippen LogP contribution in [0.15, 0.2) is 53.9 Å². The van der Waals surface area contributed by atoms with Gasteiger partial charge in [-0.25, -0.2) is 4.98 Å². The number of ether oxygens (including phenoxy) is 2. The Hall–Kier alpha value is -2.86. The minimum absolute atomic E-state index is 0.0374. The Morgan fingerprint density at radius 3 is 2.69 bits per heavy atom. The highest BCUT2D eigenvalue weighted by atomic mass is 32.1. The zero-order valence-corrected chi connectivity index (χ0v) is 18.0. The summed E-state index contributed by atoms with van der Waals surface area (Å²) >= 11 is 1.55. The molecule has 0 aliphatic rings. The zero-order chi connectivity index (χ0) is 20.8. The number of carbonyl (C=O) groups excluding carboxylic acids is 1. The molecular weight excluding hydrogens is 384 g/mol. The minimum atomic E-state index is -0.0374. The highest BCUT2D eigenvalue weighted by Gasteiger charge is 2.21. The standard InChI is InChI=1S/C23H26N2O3S/c1-16(2)25(23(26)18-9-7-10-20(12-18)27-4)13-19-15-29-22(24-19)14-28-21-11-6-5-8-17(21)3/h5-12,15-16H,13-14H2,1-4H3. The summed E-state index contributed by atoms with van der Waals surface area (Å²) in [6.07, 6.45) is 0. The van der Waals surface area contributed by atoms with Crippen molar-refractivity contribution in [1.29, 1.82) is 0 Å². The quantitative estimate of drug-likeness (QED) is 0.519. The van der Waals surface area contributed by atoms with E-state index in [-0.39, 0.29) is 11.9 Å². The fourth-order valence-electron chi connectivity index (χ4n) is 2.93. The van der Waals surface area contributed by atoms with Gasteiger partial charge in [0.1, 0.15) is 23.1 Å². The van der Waals surface area contributed by atoms with Gasteiger partial charge in [0, 0.05) is 17.0 Å². The Bertz CT molecular complexity index is 968. The predicted molar refractivity (Wildman–Crippen MR) is 116 cm³/mol. The molecule has 0 unspecified atom stereocenters. The number of hydrogen-bond acceptors (Lipinski definition) is 5. The first-order chi connectivity index (χ1) is 14.0. The Morgan fingerprint density at radius 2 is 1.97 bits per heavy atom. The lowest BCUT2D eigenvalue weighted by Gasteiger charge is -2.26. The molecule has 0 spiro atoms. The van der Waals surface area contributed by atoms with E-state index in [4.69, 9.17) is 9.47 Å². The Labute approximate surface area is 175 Å². The molecule has 3 aromatic rings. The van der Waals surface area contributed by atoms with Gasteiger partial charge in [0.2, 0.25) is 0 Å². The van der Waals surface area contributed by atoms with Crippen LogP contribution in [0.2, 0.25) is 0 Å². The summed E-state index contributed by atoms with van der Waals surface area (Å²) in [5, 5.41) is 2.88. The highest BCUT2D eigenvalue weighted by molar-refractivity contribution is 7.09. The van der Waals surface area contributed by atoms with Crippen molar-refractivity contribution in [3.8, 4) is 11.5 Å². The van der Waals surface area contributed by atoms with Crippen LogP contribution < -0.4 is 9.47 Å². The van der Waals surface area contributed by atoms with Gasteiger partial charge >= 0.3 is 0 Å². The molecular formula is C23H26N2O3S. The number of benzene rings is 2. The summed E-state index contributed by atoms with van der Waals surface area (Å²) in [6.45, 7) is 6.90. The fraction of sp³-hybridized carbons (Fsp3) is 0.304. The van der Waals surface area contributed by atoms with Crippen molar-refractivity contribution in [2.45, 2.75) is 40.0 Å². The second-order valence-electron chi connectivity index (χ2n) is 7.05. The molecule has 6 heteroatoms. The summed E-state index contributed by atoms with van der Waals surface area (Å²) in [5.74, 6) is 1.50. The van der Waals surface area contributed by atoms with E-state index in [1.54, 1.807) is 24.5 Å². The van der Waals surface area contributed by atoms with E-state index in [0.717, 1.165) is 22.0 Å². The smallest absolute Gasteiger partial charge is 0.254 e. The molecule has 3 rings (SSSR count). The van der Waals surface area contributed by atoms with E-state index >= 15 is 0 Å². The monoisotopic (exact) mass is 410 g/mol. The first-order valence-electron chi connectivity index (χ1n) is 9.54. The van der Waals surface area contributed by atoms with Crippen molar-refractivity contribution in [3.05, 3.63) is 75.7 Å². The average Bonchev–Trinajstić information content (AvgIpc) is 3.18. The van der Waals surface area contributed by atoms with Crippen LogP contribution in [-0.4, -0.2) is 28.9 Å². The maximum atomic E-state index is 13.0. The van der Waals surface area contributed by atoms with Crippen LogP contribution in [0.5, 0.6) is 11.5 Å². The molecule has 1 heterocycles. The van der Waals surface area contributed by atoms with Gasteiger partial charge < -0.3 is 14.4 Å². The highest BCUT2D eigenvalue weighted by Crippen LogP contribution is 2.21.